The van der Waals surface area contributed by atoms with Crippen LogP contribution in [0.25, 0.3) is 10.8 Å². The second-order valence-electron chi connectivity index (χ2n) is 7.41. The number of carbonyl (C=O) groups excluding carboxylic acids is 2. The summed E-state index contributed by atoms with van der Waals surface area (Å²) in [6.45, 7) is 2.92. The van der Waals surface area contributed by atoms with Crippen LogP contribution in [0.5, 0.6) is 0 Å². The van der Waals surface area contributed by atoms with Crippen LogP contribution >= 0.6 is 0 Å². The van der Waals surface area contributed by atoms with E-state index < -0.39 is 5.97 Å². The summed E-state index contributed by atoms with van der Waals surface area (Å²) in [7, 11) is 0. The second-order valence-corrected chi connectivity index (χ2v) is 7.41. The molecular weight excluding hydrogens is 370 g/mol. The fraction of sp³-hybridized carbons (Fsp3) is 0.409. The first-order chi connectivity index (χ1) is 14.0. The number of carbonyl (C=O) groups is 3. The van der Waals surface area contributed by atoms with Gasteiger partial charge in [-0.05, 0) is 42.3 Å². The first-order valence-electron chi connectivity index (χ1n) is 9.98. The third-order valence-corrected chi connectivity index (χ3v) is 5.39. The van der Waals surface area contributed by atoms with Gasteiger partial charge >= 0.3 is 5.97 Å². The van der Waals surface area contributed by atoms with Gasteiger partial charge in [0.2, 0.25) is 5.91 Å². The van der Waals surface area contributed by atoms with Crippen molar-refractivity contribution >= 4 is 28.6 Å². The van der Waals surface area contributed by atoms with E-state index in [1.165, 1.54) is 0 Å². The van der Waals surface area contributed by atoms with Crippen molar-refractivity contribution in [1.29, 1.82) is 0 Å². The molecule has 0 aromatic heterocycles. The molecule has 1 aliphatic rings. The molecule has 0 atom stereocenters. The van der Waals surface area contributed by atoms with Gasteiger partial charge in [0.1, 0.15) is 0 Å². The van der Waals surface area contributed by atoms with Gasteiger partial charge in [-0.2, -0.15) is 0 Å². The normalized spacial score (nSPS) is 18.3. The van der Waals surface area contributed by atoms with E-state index in [0.717, 1.165) is 23.6 Å². The summed E-state index contributed by atoms with van der Waals surface area (Å²) in [6, 6.07) is 13.7. The number of nitrogens with zero attached hydrogens (tertiary/aromatic N) is 1. The molecule has 1 aliphatic carbocycles. The number of carboxylic acid groups (broad SMARTS) is 1. The summed E-state index contributed by atoms with van der Waals surface area (Å²) in [5, 5.41) is 16.7. The molecule has 0 bridgehead atoms. The van der Waals surface area contributed by atoms with Gasteiger partial charge in [-0.1, -0.05) is 37.3 Å². The monoisotopic (exact) mass is 397 g/mol. The zero-order valence-corrected chi connectivity index (χ0v) is 16.6. The number of aliphatic carboxylic acids is 1. The molecule has 2 aromatic rings. The molecule has 3 N–H and O–H groups in total. The lowest BCUT2D eigenvalue weighted by molar-refractivity contribution is -0.139. The van der Waals surface area contributed by atoms with E-state index in [-0.39, 0.29) is 43.4 Å². The SMILES string of the molecule is CCN(CC(=O)O)C1CC(NC(=O)CCNC(=O)c2ccc3ccccc3c2)C1. The highest BCUT2D eigenvalue weighted by molar-refractivity contribution is 5.98. The van der Waals surface area contributed by atoms with Gasteiger partial charge in [-0.25, -0.2) is 0 Å². The van der Waals surface area contributed by atoms with Gasteiger partial charge in [-0.3, -0.25) is 19.3 Å². The Kier molecular flexibility index (Phi) is 6.82. The van der Waals surface area contributed by atoms with Crippen LogP contribution in [-0.4, -0.2) is 59.5 Å². The minimum Gasteiger partial charge on any atom is -0.480 e. The molecule has 0 radical (unpaired) electrons. The topological polar surface area (TPSA) is 98.7 Å². The summed E-state index contributed by atoms with van der Waals surface area (Å²) in [4.78, 5) is 37.2. The number of hydrogen-bond acceptors (Lipinski definition) is 4. The second kappa shape index (κ2) is 9.52. The van der Waals surface area contributed by atoms with Crippen molar-refractivity contribution in [3.63, 3.8) is 0 Å². The van der Waals surface area contributed by atoms with Crippen LogP contribution in [0, 0.1) is 0 Å². The van der Waals surface area contributed by atoms with Crippen molar-refractivity contribution in [2.45, 2.75) is 38.3 Å². The Labute approximate surface area is 170 Å². The summed E-state index contributed by atoms with van der Waals surface area (Å²) < 4.78 is 0. The van der Waals surface area contributed by atoms with Gasteiger partial charge < -0.3 is 15.7 Å². The predicted molar refractivity (Wildman–Crippen MR) is 111 cm³/mol. The maximum absolute atomic E-state index is 12.3. The van der Waals surface area contributed by atoms with E-state index in [1.54, 1.807) is 6.07 Å². The first-order valence-corrected chi connectivity index (χ1v) is 9.98. The highest BCUT2D eigenvalue weighted by Gasteiger charge is 2.34. The molecule has 2 amide bonds. The Morgan fingerprint density at radius 3 is 2.52 bits per heavy atom. The molecule has 0 aliphatic heterocycles. The standard InChI is InChI=1S/C22H27N3O4/c1-2-25(14-21(27)28)19-12-18(13-19)24-20(26)9-10-23-22(29)17-8-7-15-5-3-4-6-16(15)11-17/h3-8,11,18-19H,2,9-10,12-14H2,1H3,(H,23,29)(H,24,26)(H,27,28). The Morgan fingerprint density at radius 2 is 1.83 bits per heavy atom. The van der Waals surface area contributed by atoms with Crippen molar-refractivity contribution in [2.24, 2.45) is 0 Å². The van der Waals surface area contributed by atoms with Gasteiger partial charge in [0.15, 0.2) is 0 Å². The zero-order valence-electron chi connectivity index (χ0n) is 16.6. The van der Waals surface area contributed by atoms with Crippen LogP contribution < -0.4 is 10.6 Å². The largest absolute Gasteiger partial charge is 0.480 e. The van der Waals surface area contributed by atoms with Gasteiger partial charge in [0.25, 0.3) is 5.91 Å². The summed E-state index contributed by atoms with van der Waals surface area (Å²) in [6.07, 6.45) is 1.74. The highest BCUT2D eigenvalue weighted by Crippen LogP contribution is 2.25. The smallest absolute Gasteiger partial charge is 0.317 e. The number of carboxylic acids is 1. The average molecular weight is 397 g/mol. The van der Waals surface area contributed by atoms with E-state index >= 15 is 0 Å². The lowest BCUT2D eigenvalue weighted by atomic mass is 9.85. The molecule has 0 saturated heterocycles. The van der Waals surface area contributed by atoms with Crippen LogP contribution in [0.15, 0.2) is 42.5 Å². The number of rotatable bonds is 9. The Bertz CT molecular complexity index is 893. The summed E-state index contributed by atoms with van der Waals surface area (Å²) in [5.74, 6) is -1.13. The van der Waals surface area contributed by atoms with Crippen LogP contribution in [0.4, 0.5) is 0 Å². The molecule has 7 nitrogen and oxygen atoms in total. The molecule has 2 aromatic carbocycles. The van der Waals surface area contributed by atoms with Gasteiger partial charge in [0, 0.05) is 30.6 Å². The zero-order chi connectivity index (χ0) is 20.8. The maximum Gasteiger partial charge on any atom is 0.317 e. The van der Waals surface area contributed by atoms with Crippen molar-refractivity contribution < 1.29 is 19.5 Å². The lowest BCUT2D eigenvalue weighted by Crippen LogP contribution is -2.55. The first kappa shape index (κ1) is 20.8. The quantitative estimate of drug-likeness (QED) is 0.601. The number of hydrogen-bond donors (Lipinski definition) is 3. The predicted octanol–water partition coefficient (Wildman–Crippen LogP) is 2.01. The molecule has 29 heavy (non-hydrogen) atoms. The van der Waals surface area contributed by atoms with E-state index in [0.29, 0.717) is 12.1 Å². The van der Waals surface area contributed by atoms with Crippen LogP contribution in [0.2, 0.25) is 0 Å². The van der Waals surface area contributed by atoms with Crippen LogP contribution in [-0.2, 0) is 9.59 Å². The van der Waals surface area contributed by atoms with Crippen LogP contribution in [0.3, 0.4) is 0 Å². The maximum atomic E-state index is 12.3. The molecule has 0 spiro atoms. The highest BCUT2D eigenvalue weighted by atomic mass is 16.4. The molecule has 1 saturated carbocycles. The average Bonchev–Trinajstić information content (AvgIpc) is 2.68. The third kappa shape index (κ3) is 5.54. The molecule has 7 heteroatoms. The van der Waals surface area contributed by atoms with E-state index in [9.17, 15) is 14.4 Å². The fourth-order valence-electron chi connectivity index (χ4n) is 3.70. The molecular formula is C22H27N3O4. The van der Waals surface area contributed by atoms with Crippen molar-refractivity contribution in [3.8, 4) is 0 Å². The minimum absolute atomic E-state index is 0.0304. The van der Waals surface area contributed by atoms with Gasteiger partial charge in [0.05, 0.1) is 6.54 Å². The number of fused-ring (bicyclic) bond motifs is 1. The fourth-order valence-corrected chi connectivity index (χ4v) is 3.70. The van der Waals surface area contributed by atoms with Crippen LogP contribution in [0.1, 0.15) is 36.5 Å². The number of amides is 2. The van der Waals surface area contributed by atoms with E-state index in [2.05, 4.69) is 10.6 Å². The minimum atomic E-state index is -0.832. The Morgan fingerprint density at radius 1 is 1.10 bits per heavy atom. The van der Waals surface area contributed by atoms with Crippen molar-refractivity contribution in [3.05, 3.63) is 48.0 Å². The summed E-state index contributed by atoms with van der Waals surface area (Å²) >= 11 is 0. The lowest BCUT2D eigenvalue weighted by Gasteiger charge is -2.42. The summed E-state index contributed by atoms with van der Waals surface area (Å²) in [5.41, 5.74) is 0.573. The Balaban J connectivity index is 1.38. The van der Waals surface area contributed by atoms with Gasteiger partial charge in [-0.15, -0.1) is 0 Å². The third-order valence-electron chi connectivity index (χ3n) is 5.39. The molecule has 0 heterocycles. The van der Waals surface area contributed by atoms with Crippen molar-refractivity contribution in [1.82, 2.24) is 15.5 Å². The number of likely N-dealkylation sites (N-methyl/N-ethyl adjacent to an activating group) is 1. The number of benzene rings is 2. The Hall–Kier alpha value is -2.93. The van der Waals surface area contributed by atoms with E-state index in [1.807, 2.05) is 48.2 Å². The number of nitrogens with one attached hydrogen (secondary N) is 2. The van der Waals surface area contributed by atoms with E-state index in [4.69, 9.17) is 5.11 Å². The molecule has 154 valence electrons. The molecule has 0 unspecified atom stereocenters. The molecule has 1 fully saturated rings. The van der Waals surface area contributed by atoms with Crippen molar-refractivity contribution in [2.75, 3.05) is 19.6 Å². The molecule has 3 rings (SSSR count).